The third-order valence-corrected chi connectivity index (χ3v) is 2.17. The SMILES string of the molecule is CSCC(O)C(O)CC(C)C. The van der Waals surface area contributed by atoms with Gasteiger partial charge in [0.2, 0.25) is 0 Å². The summed E-state index contributed by atoms with van der Waals surface area (Å²) in [6.07, 6.45) is 1.49. The third kappa shape index (κ3) is 5.53. The number of thioether (sulfide) groups is 1. The van der Waals surface area contributed by atoms with Crippen molar-refractivity contribution in [2.45, 2.75) is 32.5 Å². The van der Waals surface area contributed by atoms with Crippen molar-refractivity contribution in [3.05, 3.63) is 0 Å². The van der Waals surface area contributed by atoms with Crippen LogP contribution in [0.1, 0.15) is 20.3 Å². The summed E-state index contributed by atoms with van der Waals surface area (Å²) in [6.45, 7) is 4.07. The van der Waals surface area contributed by atoms with Crippen molar-refractivity contribution in [3.63, 3.8) is 0 Å². The smallest absolute Gasteiger partial charge is 0.0889 e. The average molecular weight is 178 g/mol. The van der Waals surface area contributed by atoms with Crippen molar-refractivity contribution in [1.29, 1.82) is 0 Å². The predicted molar refractivity (Wildman–Crippen MR) is 49.9 cm³/mol. The van der Waals surface area contributed by atoms with E-state index in [1.165, 1.54) is 0 Å². The maximum atomic E-state index is 9.36. The van der Waals surface area contributed by atoms with Crippen molar-refractivity contribution in [1.82, 2.24) is 0 Å². The normalized spacial score (nSPS) is 16.9. The highest BCUT2D eigenvalue weighted by molar-refractivity contribution is 7.98. The zero-order valence-electron chi connectivity index (χ0n) is 7.45. The summed E-state index contributed by atoms with van der Waals surface area (Å²) in [5.41, 5.74) is 0. The Balaban J connectivity index is 3.54. The van der Waals surface area contributed by atoms with Crippen LogP contribution < -0.4 is 0 Å². The van der Waals surface area contributed by atoms with E-state index in [-0.39, 0.29) is 0 Å². The molecule has 3 heteroatoms. The summed E-state index contributed by atoms with van der Waals surface area (Å²) in [6, 6.07) is 0. The molecule has 11 heavy (non-hydrogen) atoms. The highest BCUT2D eigenvalue weighted by atomic mass is 32.2. The molecule has 0 aromatic carbocycles. The zero-order chi connectivity index (χ0) is 8.85. The van der Waals surface area contributed by atoms with E-state index in [1.54, 1.807) is 11.8 Å². The van der Waals surface area contributed by atoms with Gasteiger partial charge in [-0.3, -0.25) is 0 Å². The van der Waals surface area contributed by atoms with E-state index in [2.05, 4.69) is 0 Å². The molecule has 0 spiro atoms. The molecule has 0 bridgehead atoms. The molecule has 0 aromatic heterocycles. The Morgan fingerprint density at radius 2 is 1.73 bits per heavy atom. The van der Waals surface area contributed by atoms with Gasteiger partial charge >= 0.3 is 0 Å². The van der Waals surface area contributed by atoms with Crippen LogP contribution in [0.25, 0.3) is 0 Å². The highest BCUT2D eigenvalue weighted by Gasteiger charge is 2.16. The van der Waals surface area contributed by atoms with E-state index < -0.39 is 12.2 Å². The molecule has 0 fully saturated rings. The third-order valence-electron chi connectivity index (χ3n) is 1.49. The van der Waals surface area contributed by atoms with Crippen LogP contribution in [0, 0.1) is 5.92 Å². The molecule has 0 rings (SSSR count). The molecular weight excluding hydrogens is 160 g/mol. The fourth-order valence-corrected chi connectivity index (χ4v) is 1.49. The second-order valence-corrected chi connectivity index (χ2v) is 4.13. The number of aliphatic hydroxyl groups excluding tert-OH is 2. The largest absolute Gasteiger partial charge is 0.390 e. The Bertz CT molecular complexity index is 96.1. The van der Waals surface area contributed by atoms with Crippen LogP contribution in [0.4, 0.5) is 0 Å². The van der Waals surface area contributed by atoms with Crippen LogP contribution in [0.5, 0.6) is 0 Å². The molecule has 2 atom stereocenters. The molecule has 68 valence electrons. The number of hydrogen-bond acceptors (Lipinski definition) is 3. The minimum absolute atomic E-state index is 0.446. The molecule has 0 radical (unpaired) electrons. The molecule has 0 amide bonds. The van der Waals surface area contributed by atoms with Crippen LogP contribution in [-0.2, 0) is 0 Å². The van der Waals surface area contributed by atoms with Crippen molar-refractivity contribution < 1.29 is 10.2 Å². The molecule has 0 aromatic rings. The number of hydrogen-bond donors (Lipinski definition) is 2. The van der Waals surface area contributed by atoms with Crippen molar-refractivity contribution in [2.75, 3.05) is 12.0 Å². The maximum absolute atomic E-state index is 9.36. The fourth-order valence-electron chi connectivity index (χ4n) is 0.922. The number of aliphatic hydroxyl groups is 2. The minimum atomic E-state index is -0.563. The first kappa shape index (κ1) is 11.3. The first-order valence-electron chi connectivity index (χ1n) is 3.93. The van der Waals surface area contributed by atoms with Gasteiger partial charge in [-0.15, -0.1) is 0 Å². The second kappa shape index (κ2) is 5.86. The lowest BCUT2D eigenvalue weighted by atomic mass is 10.0. The van der Waals surface area contributed by atoms with Gasteiger partial charge in [0.1, 0.15) is 0 Å². The van der Waals surface area contributed by atoms with Crippen molar-refractivity contribution in [2.24, 2.45) is 5.92 Å². The highest BCUT2D eigenvalue weighted by Crippen LogP contribution is 2.10. The van der Waals surface area contributed by atoms with E-state index in [4.69, 9.17) is 0 Å². The van der Waals surface area contributed by atoms with Crippen molar-refractivity contribution in [3.8, 4) is 0 Å². The maximum Gasteiger partial charge on any atom is 0.0889 e. The Morgan fingerprint density at radius 1 is 1.18 bits per heavy atom. The van der Waals surface area contributed by atoms with Gasteiger partial charge in [-0.25, -0.2) is 0 Å². The molecular formula is C8H18O2S. The molecule has 0 aliphatic rings. The van der Waals surface area contributed by atoms with E-state index in [1.807, 2.05) is 20.1 Å². The predicted octanol–water partition coefficient (Wildman–Crippen LogP) is 1.12. The van der Waals surface area contributed by atoms with Gasteiger partial charge in [-0.05, 0) is 18.6 Å². The van der Waals surface area contributed by atoms with Gasteiger partial charge in [-0.1, -0.05) is 13.8 Å². The monoisotopic (exact) mass is 178 g/mol. The topological polar surface area (TPSA) is 40.5 Å². The van der Waals surface area contributed by atoms with Gasteiger partial charge in [0, 0.05) is 5.75 Å². The zero-order valence-corrected chi connectivity index (χ0v) is 8.27. The summed E-state index contributed by atoms with van der Waals surface area (Å²) in [5, 5.41) is 18.7. The first-order chi connectivity index (χ1) is 5.07. The average Bonchev–Trinajstić information content (AvgIpc) is 1.86. The minimum Gasteiger partial charge on any atom is -0.390 e. The van der Waals surface area contributed by atoms with E-state index in [0.717, 1.165) is 0 Å². The summed E-state index contributed by atoms with van der Waals surface area (Å²) in [5.74, 6) is 1.06. The van der Waals surface area contributed by atoms with Crippen LogP contribution in [0.2, 0.25) is 0 Å². The summed E-state index contributed by atoms with van der Waals surface area (Å²) in [4.78, 5) is 0. The molecule has 0 saturated heterocycles. The lowest BCUT2D eigenvalue weighted by molar-refractivity contribution is 0.0216. The Labute approximate surface area is 73.0 Å². The lowest BCUT2D eigenvalue weighted by Crippen LogP contribution is -2.29. The summed E-state index contributed by atoms with van der Waals surface area (Å²) >= 11 is 1.56. The van der Waals surface area contributed by atoms with Crippen LogP contribution >= 0.6 is 11.8 Å². The molecule has 2 nitrogen and oxygen atoms in total. The van der Waals surface area contributed by atoms with Gasteiger partial charge in [0.25, 0.3) is 0 Å². The molecule has 0 aliphatic carbocycles. The fraction of sp³-hybridized carbons (Fsp3) is 1.00. The Morgan fingerprint density at radius 3 is 2.09 bits per heavy atom. The summed E-state index contributed by atoms with van der Waals surface area (Å²) in [7, 11) is 0. The quantitative estimate of drug-likeness (QED) is 0.662. The lowest BCUT2D eigenvalue weighted by Gasteiger charge is -2.18. The van der Waals surface area contributed by atoms with Gasteiger partial charge < -0.3 is 10.2 Å². The van der Waals surface area contributed by atoms with Gasteiger partial charge in [0.05, 0.1) is 12.2 Å². The van der Waals surface area contributed by atoms with Gasteiger partial charge in [0.15, 0.2) is 0 Å². The molecule has 0 aliphatic heterocycles. The standard InChI is InChI=1S/C8H18O2S/c1-6(2)4-7(9)8(10)5-11-3/h6-10H,4-5H2,1-3H3. The van der Waals surface area contributed by atoms with E-state index in [0.29, 0.717) is 18.1 Å². The summed E-state index contributed by atoms with van der Waals surface area (Å²) < 4.78 is 0. The first-order valence-corrected chi connectivity index (χ1v) is 5.32. The van der Waals surface area contributed by atoms with E-state index in [9.17, 15) is 10.2 Å². The van der Waals surface area contributed by atoms with Crippen LogP contribution in [0.15, 0.2) is 0 Å². The second-order valence-electron chi connectivity index (χ2n) is 3.22. The van der Waals surface area contributed by atoms with E-state index >= 15 is 0 Å². The number of rotatable bonds is 5. The van der Waals surface area contributed by atoms with Crippen molar-refractivity contribution >= 4 is 11.8 Å². The van der Waals surface area contributed by atoms with Crippen LogP contribution in [-0.4, -0.2) is 34.4 Å². The van der Waals surface area contributed by atoms with Crippen LogP contribution in [0.3, 0.4) is 0 Å². The Hall–Kier alpha value is 0.270. The Kier molecular flexibility index (Phi) is 6.01. The molecule has 2 N–H and O–H groups in total. The van der Waals surface area contributed by atoms with Gasteiger partial charge in [-0.2, -0.15) is 11.8 Å². The molecule has 2 unspecified atom stereocenters. The molecule has 0 heterocycles. The molecule has 0 saturated carbocycles.